The fourth-order valence-electron chi connectivity index (χ4n) is 0.380. The average molecular weight is 169 g/mol. The molecule has 1 N–H and O–H groups in total. The van der Waals surface area contributed by atoms with Crippen LogP contribution in [-0.4, -0.2) is 15.2 Å². The summed E-state index contributed by atoms with van der Waals surface area (Å²) in [6.45, 7) is 0. The topological polar surface area (TPSA) is 41.6 Å². The second-order valence-corrected chi connectivity index (χ2v) is 1.90. The number of H-pyrrole nitrogens is 1. The maximum absolute atomic E-state index is 11.6. The molecule has 0 saturated carbocycles. The van der Waals surface area contributed by atoms with Gasteiger partial charge in [-0.3, -0.25) is 5.10 Å². The molecule has 0 spiro atoms. The van der Waals surface area contributed by atoms with Crippen LogP contribution in [0.1, 0.15) is 5.82 Å². The van der Waals surface area contributed by atoms with Crippen molar-refractivity contribution < 1.29 is 13.2 Å². The van der Waals surface area contributed by atoms with E-state index < -0.39 is 12.0 Å². The molecule has 0 aliphatic heterocycles. The molecule has 0 aromatic carbocycles. The van der Waals surface area contributed by atoms with E-state index in [1.54, 1.807) is 0 Å². The van der Waals surface area contributed by atoms with Crippen molar-refractivity contribution >= 4 is 12.6 Å². The molecule has 0 atom stereocenters. The standard InChI is InChI=1S/C3H2F3N3S/c4-3(5,6)1-7-2(10)9-8-1/h(H2,7,8,9,10). The van der Waals surface area contributed by atoms with E-state index in [1.165, 1.54) is 0 Å². The number of rotatable bonds is 0. The molecule has 1 heterocycles. The lowest BCUT2D eigenvalue weighted by atomic mass is 10.6. The van der Waals surface area contributed by atoms with Crippen molar-refractivity contribution in [1.82, 2.24) is 15.2 Å². The van der Waals surface area contributed by atoms with Gasteiger partial charge in [0.25, 0.3) is 5.82 Å². The van der Waals surface area contributed by atoms with Crippen molar-refractivity contribution in [3.8, 4) is 0 Å². The Labute approximate surface area is 59.1 Å². The fraction of sp³-hybridized carbons (Fsp3) is 0.333. The second-order valence-electron chi connectivity index (χ2n) is 1.48. The second kappa shape index (κ2) is 2.15. The summed E-state index contributed by atoms with van der Waals surface area (Å²) in [7, 11) is 0. The van der Waals surface area contributed by atoms with Gasteiger partial charge in [0, 0.05) is 0 Å². The van der Waals surface area contributed by atoms with Gasteiger partial charge in [0.2, 0.25) is 0 Å². The first kappa shape index (κ1) is 7.39. The third kappa shape index (κ3) is 1.41. The zero-order valence-electron chi connectivity index (χ0n) is 4.48. The molecule has 0 fully saturated rings. The highest BCUT2D eigenvalue weighted by Gasteiger charge is 2.35. The van der Waals surface area contributed by atoms with Crippen LogP contribution in [0.3, 0.4) is 0 Å². The Balaban J connectivity index is 2.96. The van der Waals surface area contributed by atoms with Crippen LogP contribution in [0.25, 0.3) is 0 Å². The van der Waals surface area contributed by atoms with Crippen molar-refractivity contribution in [2.75, 3.05) is 0 Å². The van der Waals surface area contributed by atoms with Gasteiger partial charge in [-0.1, -0.05) is 0 Å². The molecule has 7 heteroatoms. The highest BCUT2D eigenvalue weighted by molar-refractivity contribution is 7.80. The Kier molecular flexibility index (Phi) is 1.59. The van der Waals surface area contributed by atoms with E-state index in [0.29, 0.717) is 0 Å². The van der Waals surface area contributed by atoms with Crippen LogP contribution in [-0.2, 0) is 6.18 Å². The number of aromatic nitrogens is 3. The van der Waals surface area contributed by atoms with Crippen LogP contribution in [0, 0.1) is 0 Å². The van der Waals surface area contributed by atoms with Gasteiger partial charge in [0.15, 0.2) is 5.16 Å². The summed E-state index contributed by atoms with van der Waals surface area (Å²) in [6, 6.07) is 0. The Hall–Kier alpha value is -0.720. The summed E-state index contributed by atoms with van der Waals surface area (Å²) in [4.78, 5) is 2.95. The van der Waals surface area contributed by atoms with Crippen LogP contribution in [0.2, 0.25) is 0 Å². The lowest BCUT2D eigenvalue weighted by molar-refractivity contribution is -0.144. The number of hydrogen-bond donors (Lipinski definition) is 2. The molecule has 56 valence electrons. The van der Waals surface area contributed by atoms with Crippen molar-refractivity contribution in [2.24, 2.45) is 0 Å². The molecule has 0 radical (unpaired) electrons. The summed E-state index contributed by atoms with van der Waals surface area (Å²) in [5.74, 6) is -1.20. The number of alkyl halides is 3. The largest absolute Gasteiger partial charge is 0.453 e. The molecule has 3 nitrogen and oxygen atoms in total. The lowest BCUT2D eigenvalue weighted by Gasteiger charge is -1.96. The molecular formula is C3H2F3N3S. The highest BCUT2D eigenvalue weighted by atomic mass is 32.1. The maximum atomic E-state index is 11.6. The van der Waals surface area contributed by atoms with Crippen molar-refractivity contribution in [1.29, 1.82) is 0 Å². The predicted octanol–water partition coefficient (Wildman–Crippen LogP) is 1.11. The van der Waals surface area contributed by atoms with Gasteiger partial charge in [-0.05, 0) is 0 Å². The Morgan fingerprint density at radius 2 is 2.00 bits per heavy atom. The number of hydrogen-bond acceptors (Lipinski definition) is 3. The molecule has 1 aromatic rings. The monoisotopic (exact) mass is 169 g/mol. The first-order valence-electron chi connectivity index (χ1n) is 2.18. The van der Waals surface area contributed by atoms with E-state index in [0.717, 1.165) is 0 Å². The van der Waals surface area contributed by atoms with Crippen molar-refractivity contribution in [3.63, 3.8) is 0 Å². The Morgan fingerprint density at radius 3 is 2.20 bits per heavy atom. The van der Waals surface area contributed by atoms with E-state index >= 15 is 0 Å². The van der Waals surface area contributed by atoms with Crippen molar-refractivity contribution in [3.05, 3.63) is 5.82 Å². The molecule has 0 aliphatic carbocycles. The highest BCUT2D eigenvalue weighted by Crippen LogP contribution is 2.25. The van der Waals surface area contributed by atoms with E-state index in [4.69, 9.17) is 0 Å². The maximum Gasteiger partial charge on any atom is 0.453 e. The zero-order chi connectivity index (χ0) is 7.78. The fourth-order valence-corrected chi connectivity index (χ4v) is 0.525. The minimum Gasteiger partial charge on any atom is -0.254 e. The van der Waals surface area contributed by atoms with E-state index in [-0.39, 0.29) is 5.16 Å². The van der Waals surface area contributed by atoms with Crippen LogP contribution >= 0.6 is 12.6 Å². The third-order valence-electron chi connectivity index (χ3n) is 0.727. The van der Waals surface area contributed by atoms with Crippen LogP contribution < -0.4 is 0 Å². The number of thiol groups is 1. The summed E-state index contributed by atoms with van der Waals surface area (Å²) < 4.78 is 34.9. The van der Waals surface area contributed by atoms with E-state index in [2.05, 4.69) is 22.7 Å². The SMILES string of the molecule is FC(F)(F)c1n[nH]c(S)n1. The lowest BCUT2D eigenvalue weighted by Crippen LogP contribution is -2.07. The molecule has 1 aromatic heterocycles. The molecular weight excluding hydrogens is 167 g/mol. The minimum atomic E-state index is -4.49. The smallest absolute Gasteiger partial charge is 0.254 e. The van der Waals surface area contributed by atoms with Crippen molar-refractivity contribution in [2.45, 2.75) is 11.3 Å². The van der Waals surface area contributed by atoms with Gasteiger partial charge in [0.1, 0.15) is 0 Å². The summed E-state index contributed by atoms with van der Waals surface area (Å²) in [5, 5.41) is 4.66. The molecule has 10 heavy (non-hydrogen) atoms. The minimum absolute atomic E-state index is 0.146. The van der Waals surface area contributed by atoms with Gasteiger partial charge in [0.05, 0.1) is 0 Å². The number of aromatic amines is 1. The summed E-state index contributed by atoms with van der Waals surface area (Å²) in [6.07, 6.45) is -4.49. The van der Waals surface area contributed by atoms with Crippen LogP contribution in [0.4, 0.5) is 13.2 Å². The number of halogens is 3. The third-order valence-corrected chi connectivity index (χ3v) is 0.927. The molecule has 0 aliphatic rings. The van der Waals surface area contributed by atoms with Gasteiger partial charge in [-0.15, -0.1) is 17.7 Å². The van der Waals surface area contributed by atoms with Gasteiger partial charge >= 0.3 is 6.18 Å². The summed E-state index contributed by atoms with van der Waals surface area (Å²) in [5.41, 5.74) is 0. The van der Waals surface area contributed by atoms with Gasteiger partial charge < -0.3 is 0 Å². The molecule has 0 saturated heterocycles. The number of nitrogens with zero attached hydrogens (tertiary/aromatic N) is 2. The molecule has 0 amide bonds. The molecule has 1 rings (SSSR count). The first-order valence-corrected chi connectivity index (χ1v) is 2.63. The molecule has 0 unspecified atom stereocenters. The van der Waals surface area contributed by atoms with Gasteiger partial charge in [-0.25, -0.2) is 0 Å². The average Bonchev–Trinajstić information content (AvgIpc) is 2.11. The van der Waals surface area contributed by atoms with Crippen LogP contribution in [0.5, 0.6) is 0 Å². The Bertz CT molecular complexity index is 229. The quantitative estimate of drug-likeness (QED) is 0.571. The predicted molar refractivity (Wildman–Crippen MR) is 28.6 cm³/mol. The summed E-state index contributed by atoms with van der Waals surface area (Å²) >= 11 is 3.51. The van der Waals surface area contributed by atoms with E-state index in [1.807, 2.05) is 5.10 Å². The first-order chi connectivity index (χ1) is 4.50. The Morgan fingerprint density at radius 1 is 1.40 bits per heavy atom. The normalized spacial score (nSPS) is 12.0. The van der Waals surface area contributed by atoms with E-state index in [9.17, 15) is 13.2 Å². The zero-order valence-corrected chi connectivity index (χ0v) is 5.37. The van der Waals surface area contributed by atoms with Gasteiger partial charge in [-0.2, -0.15) is 18.2 Å². The molecule has 0 bridgehead atoms. The number of nitrogens with one attached hydrogen (secondary N) is 1. The van der Waals surface area contributed by atoms with Crippen LogP contribution in [0.15, 0.2) is 5.16 Å².